The molecule has 0 heterocycles. The lowest BCUT2D eigenvalue weighted by Crippen LogP contribution is -2.36. The van der Waals surface area contributed by atoms with Crippen LogP contribution in [0.2, 0.25) is 0 Å². The Morgan fingerprint density at radius 2 is 1.78 bits per heavy atom. The van der Waals surface area contributed by atoms with Crippen molar-refractivity contribution in [2.45, 2.75) is 44.2 Å². The smallest absolute Gasteiger partial charge is 0.319 e. The van der Waals surface area contributed by atoms with E-state index >= 15 is 0 Å². The van der Waals surface area contributed by atoms with Crippen molar-refractivity contribution >= 4 is 21.6 Å². The van der Waals surface area contributed by atoms with E-state index in [1.54, 1.807) is 45.2 Å². The van der Waals surface area contributed by atoms with E-state index in [-0.39, 0.29) is 17.8 Å². The minimum atomic E-state index is -3.12. The van der Waals surface area contributed by atoms with Crippen molar-refractivity contribution in [3.8, 4) is 0 Å². The van der Waals surface area contributed by atoms with Gasteiger partial charge in [-0.3, -0.25) is 0 Å². The summed E-state index contributed by atoms with van der Waals surface area (Å²) >= 11 is 0. The number of urea groups is 1. The number of anilines is 1. The number of nitrogens with one attached hydrogen (secondary N) is 2. The van der Waals surface area contributed by atoms with Crippen molar-refractivity contribution in [1.82, 2.24) is 5.32 Å². The zero-order valence-corrected chi connectivity index (χ0v) is 14.9. The van der Waals surface area contributed by atoms with E-state index in [1.165, 1.54) is 0 Å². The third kappa shape index (κ3) is 7.00. The molecule has 130 valence electrons. The summed E-state index contributed by atoms with van der Waals surface area (Å²) in [6.07, 6.45) is 0.732. The quantitative estimate of drug-likeness (QED) is 0.760. The Labute approximate surface area is 138 Å². The van der Waals surface area contributed by atoms with Crippen LogP contribution in [-0.2, 0) is 20.3 Å². The highest BCUT2D eigenvalue weighted by molar-refractivity contribution is 7.91. The van der Waals surface area contributed by atoms with Crippen LogP contribution in [0.1, 0.15) is 32.8 Å². The molecule has 2 amide bonds. The molecule has 0 fully saturated rings. The molecule has 1 atom stereocenters. The largest absolute Gasteiger partial charge is 0.385 e. The third-order valence-corrected chi connectivity index (χ3v) is 5.60. The van der Waals surface area contributed by atoms with Crippen molar-refractivity contribution in [1.29, 1.82) is 0 Å². The highest BCUT2D eigenvalue weighted by atomic mass is 32.2. The first-order valence-corrected chi connectivity index (χ1v) is 9.33. The second-order valence-electron chi connectivity index (χ2n) is 5.83. The SMILES string of the molecule is COCCC(C)NC(=O)Nc1ccc(CS(=O)(=O)C(C)C)cc1. The van der Waals surface area contributed by atoms with Crippen LogP contribution in [0.15, 0.2) is 24.3 Å². The number of amides is 2. The summed E-state index contributed by atoms with van der Waals surface area (Å²) in [5, 5.41) is 5.12. The summed E-state index contributed by atoms with van der Waals surface area (Å²) in [6, 6.07) is 6.53. The predicted molar refractivity (Wildman–Crippen MR) is 92.3 cm³/mol. The molecule has 1 aromatic carbocycles. The Hall–Kier alpha value is -1.60. The summed E-state index contributed by atoms with van der Waals surface area (Å²) in [5.74, 6) is 0.00515. The van der Waals surface area contributed by atoms with E-state index in [0.717, 1.165) is 6.42 Å². The molecule has 0 saturated carbocycles. The number of benzene rings is 1. The van der Waals surface area contributed by atoms with Gasteiger partial charge < -0.3 is 15.4 Å². The Kier molecular flexibility index (Phi) is 7.51. The van der Waals surface area contributed by atoms with Crippen LogP contribution < -0.4 is 10.6 Å². The fraction of sp³-hybridized carbons (Fsp3) is 0.562. The zero-order chi connectivity index (χ0) is 17.5. The van der Waals surface area contributed by atoms with Gasteiger partial charge in [0.05, 0.1) is 11.0 Å². The molecular formula is C16H26N2O4S. The number of carbonyl (C=O) groups is 1. The van der Waals surface area contributed by atoms with Crippen molar-refractivity contribution in [3.63, 3.8) is 0 Å². The number of carbonyl (C=O) groups excluding carboxylic acids is 1. The molecule has 0 aliphatic heterocycles. The summed E-state index contributed by atoms with van der Waals surface area (Å²) in [6.45, 7) is 5.82. The fourth-order valence-corrected chi connectivity index (χ4v) is 2.83. The molecule has 6 nitrogen and oxygen atoms in total. The Morgan fingerprint density at radius 3 is 2.30 bits per heavy atom. The topological polar surface area (TPSA) is 84.5 Å². The second-order valence-corrected chi connectivity index (χ2v) is 8.39. The summed E-state index contributed by atoms with van der Waals surface area (Å²) < 4.78 is 28.7. The van der Waals surface area contributed by atoms with Crippen LogP contribution in [0.25, 0.3) is 0 Å². The first kappa shape index (κ1) is 19.4. The first-order valence-electron chi connectivity index (χ1n) is 7.61. The van der Waals surface area contributed by atoms with Gasteiger partial charge in [-0.25, -0.2) is 13.2 Å². The number of sulfone groups is 1. The normalized spacial score (nSPS) is 12.9. The number of hydrogen-bond acceptors (Lipinski definition) is 4. The van der Waals surface area contributed by atoms with E-state index in [2.05, 4.69) is 10.6 Å². The Balaban J connectivity index is 2.55. The summed E-state index contributed by atoms with van der Waals surface area (Å²) in [7, 11) is -1.50. The highest BCUT2D eigenvalue weighted by Crippen LogP contribution is 2.14. The lowest BCUT2D eigenvalue weighted by Gasteiger charge is -2.14. The standard InChI is InChI=1S/C16H26N2O4S/c1-12(2)23(20,21)11-14-5-7-15(8-6-14)18-16(19)17-13(3)9-10-22-4/h5-8,12-13H,9-11H2,1-4H3,(H2,17,18,19). The second kappa shape index (κ2) is 8.88. The van der Waals surface area contributed by atoms with Crippen LogP contribution in [0.3, 0.4) is 0 Å². The number of methoxy groups -OCH3 is 1. The van der Waals surface area contributed by atoms with Crippen LogP contribution in [0.5, 0.6) is 0 Å². The Bertz CT molecular complexity index is 597. The number of ether oxygens (including phenoxy) is 1. The highest BCUT2D eigenvalue weighted by Gasteiger charge is 2.16. The van der Waals surface area contributed by atoms with E-state index in [1.807, 2.05) is 6.92 Å². The third-order valence-electron chi connectivity index (χ3n) is 3.43. The lowest BCUT2D eigenvalue weighted by molar-refractivity contribution is 0.185. The average Bonchev–Trinajstić information content (AvgIpc) is 2.46. The maximum Gasteiger partial charge on any atom is 0.319 e. The van der Waals surface area contributed by atoms with Gasteiger partial charge in [0.1, 0.15) is 0 Å². The van der Waals surface area contributed by atoms with Gasteiger partial charge in [-0.15, -0.1) is 0 Å². The number of hydrogen-bond donors (Lipinski definition) is 2. The molecule has 0 spiro atoms. The van der Waals surface area contributed by atoms with Gasteiger partial charge in [-0.2, -0.15) is 0 Å². The molecule has 1 rings (SSSR count). The lowest BCUT2D eigenvalue weighted by atomic mass is 10.2. The van der Waals surface area contributed by atoms with E-state index in [4.69, 9.17) is 4.74 Å². The van der Waals surface area contributed by atoms with Gasteiger partial charge in [0.2, 0.25) is 0 Å². The van der Waals surface area contributed by atoms with Gasteiger partial charge >= 0.3 is 6.03 Å². The minimum absolute atomic E-state index is 0.00501. The first-order chi connectivity index (χ1) is 10.7. The molecule has 23 heavy (non-hydrogen) atoms. The maximum atomic E-state index is 11.9. The van der Waals surface area contributed by atoms with Gasteiger partial charge in [-0.05, 0) is 44.9 Å². The predicted octanol–water partition coefficient (Wildman–Crippen LogP) is 2.56. The van der Waals surface area contributed by atoms with Crippen LogP contribution >= 0.6 is 0 Å². The van der Waals surface area contributed by atoms with E-state index in [0.29, 0.717) is 17.9 Å². The fourth-order valence-electron chi connectivity index (χ4n) is 1.84. The molecule has 7 heteroatoms. The van der Waals surface area contributed by atoms with Gasteiger partial charge in [0.15, 0.2) is 9.84 Å². The molecule has 0 aromatic heterocycles. The molecule has 2 N–H and O–H groups in total. The van der Waals surface area contributed by atoms with Crippen molar-refractivity contribution < 1.29 is 17.9 Å². The van der Waals surface area contributed by atoms with Crippen LogP contribution in [0, 0.1) is 0 Å². The van der Waals surface area contributed by atoms with E-state index < -0.39 is 15.1 Å². The average molecular weight is 342 g/mol. The van der Waals surface area contributed by atoms with Gasteiger partial charge in [0.25, 0.3) is 0 Å². The molecule has 0 radical (unpaired) electrons. The summed E-state index contributed by atoms with van der Waals surface area (Å²) in [4.78, 5) is 11.8. The monoisotopic (exact) mass is 342 g/mol. The molecule has 1 aromatic rings. The van der Waals surface area contributed by atoms with Gasteiger partial charge in [-0.1, -0.05) is 12.1 Å². The maximum absolute atomic E-state index is 11.9. The molecule has 0 saturated heterocycles. The summed E-state index contributed by atoms with van der Waals surface area (Å²) in [5.41, 5.74) is 1.32. The zero-order valence-electron chi connectivity index (χ0n) is 14.1. The number of rotatable bonds is 8. The molecular weight excluding hydrogens is 316 g/mol. The van der Waals surface area contributed by atoms with E-state index in [9.17, 15) is 13.2 Å². The molecule has 1 unspecified atom stereocenters. The Morgan fingerprint density at radius 1 is 1.17 bits per heavy atom. The molecule has 0 aliphatic carbocycles. The van der Waals surface area contributed by atoms with Gasteiger partial charge in [0, 0.05) is 25.4 Å². The molecule has 0 aliphatic rings. The van der Waals surface area contributed by atoms with Crippen LogP contribution in [-0.4, -0.2) is 39.5 Å². The molecule has 0 bridgehead atoms. The van der Waals surface area contributed by atoms with Crippen molar-refractivity contribution in [3.05, 3.63) is 29.8 Å². The van der Waals surface area contributed by atoms with Crippen molar-refractivity contribution in [2.75, 3.05) is 19.0 Å². The van der Waals surface area contributed by atoms with Crippen LogP contribution in [0.4, 0.5) is 10.5 Å². The minimum Gasteiger partial charge on any atom is -0.385 e. The van der Waals surface area contributed by atoms with Crippen molar-refractivity contribution in [2.24, 2.45) is 0 Å².